The summed E-state index contributed by atoms with van der Waals surface area (Å²) in [7, 11) is -3.59. The maximum absolute atomic E-state index is 12.4. The molecular weight excluding hydrogens is 308 g/mol. The van der Waals surface area contributed by atoms with Crippen LogP contribution >= 0.6 is 0 Å². The topological polar surface area (TPSA) is 58.5 Å². The second kappa shape index (κ2) is 5.34. The fraction of sp³-hybridized carbons (Fsp3) is 0.389. The third-order valence-electron chi connectivity index (χ3n) is 5.04. The van der Waals surface area contributed by atoms with Gasteiger partial charge < -0.3 is 0 Å². The minimum absolute atomic E-state index is 0.254. The molecule has 0 aromatic heterocycles. The Balaban J connectivity index is 1.58. The summed E-state index contributed by atoms with van der Waals surface area (Å²) < 4.78 is 24.7. The van der Waals surface area contributed by atoms with E-state index in [9.17, 15) is 8.42 Å². The molecular formula is C18H20N2O2S. The minimum atomic E-state index is -3.59. The smallest absolute Gasteiger partial charge is 0.200 e. The van der Waals surface area contributed by atoms with Gasteiger partial charge in [0.05, 0.1) is 10.6 Å². The molecule has 2 bridgehead atoms. The van der Waals surface area contributed by atoms with E-state index in [2.05, 4.69) is 22.1 Å². The van der Waals surface area contributed by atoms with Crippen molar-refractivity contribution in [1.82, 2.24) is 4.83 Å². The molecule has 0 amide bonds. The molecule has 0 aliphatic heterocycles. The van der Waals surface area contributed by atoms with E-state index in [1.54, 1.807) is 24.3 Å². The first-order valence-electron chi connectivity index (χ1n) is 8.08. The largest absolute Gasteiger partial charge is 0.276 e. The normalized spacial score (nSPS) is 27.6. The van der Waals surface area contributed by atoms with Gasteiger partial charge in [-0.2, -0.15) is 18.4 Å². The Morgan fingerprint density at radius 3 is 2.70 bits per heavy atom. The third kappa shape index (κ3) is 2.63. The molecule has 4 nitrogen and oxygen atoms in total. The first kappa shape index (κ1) is 14.7. The summed E-state index contributed by atoms with van der Waals surface area (Å²) >= 11 is 0. The standard InChI is InChI=1S/C18H20N2O2S/c1-12-2-7-16(8-3-12)23(21,22)20-19-17-9-6-15-11-13-4-5-14(10-13)18(15)17/h2-5,7-8,13-14,20H,6,9-11H2,1H3. The van der Waals surface area contributed by atoms with Gasteiger partial charge in [-0.05, 0) is 56.2 Å². The Morgan fingerprint density at radius 2 is 1.91 bits per heavy atom. The highest BCUT2D eigenvalue weighted by molar-refractivity contribution is 7.89. The zero-order valence-corrected chi connectivity index (χ0v) is 13.9. The van der Waals surface area contributed by atoms with Gasteiger partial charge in [-0.3, -0.25) is 0 Å². The van der Waals surface area contributed by atoms with Gasteiger partial charge in [-0.15, -0.1) is 0 Å². The molecule has 0 fully saturated rings. The highest BCUT2D eigenvalue weighted by Gasteiger charge is 2.36. The summed E-state index contributed by atoms with van der Waals surface area (Å²) in [6, 6.07) is 6.81. The molecule has 3 aliphatic rings. The van der Waals surface area contributed by atoms with Crippen LogP contribution in [0.5, 0.6) is 0 Å². The number of benzene rings is 1. The number of hydrogen-bond acceptors (Lipinski definition) is 3. The molecule has 0 radical (unpaired) electrons. The van der Waals surface area contributed by atoms with Crippen LogP contribution in [0.15, 0.2) is 57.6 Å². The summed E-state index contributed by atoms with van der Waals surface area (Å²) in [6.45, 7) is 1.93. The average Bonchev–Trinajstić information content (AvgIpc) is 3.11. The van der Waals surface area contributed by atoms with E-state index in [0.717, 1.165) is 37.0 Å². The fourth-order valence-electron chi connectivity index (χ4n) is 3.89. The van der Waals surface area contributed by atoms with Gasteiger partial charge in [0, 0.05) is 5.92 Å². The molecule has 1 N–H and O–H groups in total. The number of aryl methyl sites for hydroxylation is 1. The second-order valence-electron chi connectivity index (χ2n) is 6.67. The molecule has 120 valence electrons. The summed E-state index contributed by atoms with van der Waals surface area (Å²) in [4.78, 5) is 2.68. The predicted molar refractivity (Wildman–Crippen MR) is 90.5 cm³/mol. The molecule has 1 aromatic rings. The molecule has 1 aromatic carbocycles. The van der Waals surface area contributed by atoms with Gasteiger partial charge in [-0.25, -0.2) is 0 Å². The Labute approximate surface area is 137 Å². The van der Waals surface area contributed by atoms with E-state index >= 15 is 0 Å². The number of allylic oxidation sites excluding steroid dienone is 4. The van der Waals surface area contributed by atoms with E-state index in [1.165, 1.54) is 11.1 Å². The van der Waals surface area contributed by atoms with Crippen molar-refractivity contribution in [2.24, 2.45) is 16.9 Å². The summed E-state index contributed by atoms with van der Waals surface area (Å²) in [5.74, 6) is 1.12. The van der Waals surface area contributed by atoms with Crippen molar-refractivity contribution in [2.45, 2.75) is 37.5 Å². The first-order valence-corrected chi connectivity index (χ1v) is 9.57. The van der Waals surface area contributed by atoms with Crippen molar-refractivity contribution in [3.63, 3.8) is 0 Å². The van der Waals surface area contributed by atoms with Crippen LogP contribution in [-0.2, 0) is 10.0 Å². The molecule has 2 unspecified atom stereocenters. The van der Waals surface area contributed by atoms with Crippen LogP contribution in [0.3, 0.4) is 0 Å². The Morgan fingerprint density at radius 1 is 1.13 bits per heavy atom. The molecule has 5 heteroatoms. The van der Waals surface area contributed by atoms with Gasteiger partial charge in [0.15, 0.2) is 0 Å². The molecule has 4 rings (SSSR count). The van der Waals surface area contributed by atoms with Crippen molar-refractivity contribution in [2.75, 3.05) is 0 Å². The van der Waals surface area contributed by atoms with Crippen molar-refractivity contribution in [1.29, 1.82) is 0 Å². The number of nitrogens with one attached hydrogen (secondary N) is 1. The van der Waals surface area contributed by atoms with Crippen molar-refractivity contribution in [3.8, 4) is 0 Å². The Bertz CT molecular complexity index is 832. The second-order valence-corrected chi connectivity index (χ2v) is 8.34. The molecule has 3 aliphatic carbocycles. The molecule has 23 heavy (non-hydrogen) atoms. The van der Waals surface area contributed by atoms with E-state index in [1.807, 2.05) is 6.92 Å². The number of hydrogen-bond donors (Lipinski definition) is 1. The lowest BCUT2D eigenvalue weighted by molar-refractivity contribution is 0.529. The van der Waals surface area contributed by atoms with E-state index in [-0.39, 0.29) is 4.90 Å². The maximum atomic E-state index is 12.4. The molecule has 0 saturated carbocycles. The van der Waals surface area contributed by atoms with Crippen molar-refractivity contribution in [3.05, 3.63) is 53.1 Å². The van der Waals surface area contributed by atoms with Gasteiger partial charge in [-0.1, -0.05) is 35.4 Å². The zero-order chi connectivity index (χ0) is 16.0. The monoisotopic (exact) mass is 328 g/mol. The quantitative estimate of drug-likeness (QED) is 0.683. The van der Waals surface area contributed by atoms with Crippen LogP contribution in [0.2, 0.25) is 0 Å². The predicted octanol–water partition coefficient (Wildman–Crippen LogP) is 3.32. The lowest BCUT2D eigenvalue weighted by Crippen LogP contribution is -2.22. The van der Waals surface area contributed by atoms with Crippen molar-refractivity contribution < 1.29 is 8.42 Å². The van der Waals surface area contributed by atoms with Crippen LogP contribution in [0, 0.1) is 18.8 Å². The maximum Gasteiger partial charge on any atom is 0.276 e. The lowest BCUT2D eigenvalue weighted by atomic mass is 9.83. The number of hydrazone groups is 1. The van der Waals surface area contributed by atoms with Crippen LogP contribution in [0.4, 0.5) is 0 Å². The minimum Gasteiger partial charge on any atom is -0.200 e. The summed E-state index contributed by atoms with van der Waals surface area (Å²) in [6.07, 6.45) is 8.71. The lowest BCUT2D eigenvalue weighted by Gasteiger charge is -2.22. The number of nitrogens with zero attached hydrogens (tertiary/aromatic N) is 1. The van der Waals surface area contributed by atoms with Crippen LogP contribution in [-0.4, -0.2) is 14.1 Å². The summed E-state index contributed by atoms with van der Waals surface area (Å²) in [5.41, 5.74) is 4.72. The molecule has 0 heterocycles. The highest BCUT2D eigenvalue weighted by Crippen LogP contribution is 2.46. The average molecular weight is 328 g/mol. The fourth-order valence-corrected chi connectivity index (χ4v) is 4.72. The number of fused-ring (bicyclic) bond motifs is 3. The first-order chi connectivity index (χ1) is 11.0. The Kier molecular flexibility index (Phi) is 3.41. The van der Waals surface area contributed by atoms with Crippen LogP contribution in [0.1, 0.15) is 31.2 Å². The third-order valence-corrected chi connectivity index (χ3v) is 6.26. The number of sulfonamides is 1. The van der Waals surface area contributed by atoms with Gasteiger partial charge >= 0.3 is 0 Å². The highest BCUT2D eigenvalue weighted by atomic mass is 32.2. The SMILES string of the molecule is Cc1ccc(S(=O)(=O)NN=C2CCC3=C2C2C=CC(C3)C2)cc1. The molecule has 0 spiro atoms. The number of rotatable bonds is 3. The van der Waals surface area contributed by atoms with E-state index in [4.69, 9.17) is 0 Å². The van der Waals surface area contributed by atoms with E-state index in [0.29, 0.717) is 11.8 Å². The van der Waals surface area contributed by atoms with Gasteiger partial charge in [0.25, 0.3) is 10.0 Å². The van der Waals surface area contributed by atoms with E-state index < -0.39 is 10.0 Å². The molecule has 2 atom stereocenters. The van der Waals surface area contributed by atoms with Crippen LogP contribution in [0.25, 0.3) is 0 Å². The summed E-state index contributed by atoms with van der Waals surface area (Å²) in [5, 5.41) is 4.28. The molecule has 0 saturated heterocycles. The van der Waals surface area contributed by atoms with Gasteiger partial charge in [0.1, 0.15) is 0 Å². The van der Waals surface area contributed by atoms with Crippen molar-refractivity contribution >= 4 is 15.7 Å². The zero-order valence-electron chi connectivity index (χ0n) is 13.1. The van der Waals surface area contributed by atoms with Gasteiger partial charge in [0.2, 0.25) is 0 Å². The van der Waals surface area contributed by atoms with Crippen LogP contribution < -0.4 is 4.83 Å². The Hall–Kier alpha value is -1.88.